The van der Waals surface area contributed by atoms with E-state index in [-0.39, 0.29) is 16.8 Å². The smallest absolute Gasteiger partial charge is 0.235 e. The highest BCUT2D eigenvalue weighted by Crippen LogP contribution is 2.37. The summed E-state index contributed by atoms with van der Waals surface area (Å²) >= 11 is 1.76. The minimum Gasteiger partial charge on any atom is -0.393 e. The zero-order valence-corrected chi connectivity index (χ0v) is 10.4. The first-order chi connectivity index (χ1) is 7.04. The number of amides is 1. The third-order valence-electron chi connectivity index (χ3n) is 2.78. The summed E-state index contributed by atoms with van der Waals surface area (Å²) in [6, 6.07) is 0. The highest BCUT2D eigenvalue weighted by Gasteiger charge is 2.36. The van der Waals surface area contributed by atoms with E-state index in [0.29, 0.717) is 6.54 Å². The SMILES string of the molecule is CC(O)CCCNC(=O)C1(C)CCCS1. The molecule has 2 N–H and O–H groups in total. The zero-order valence-electron chi connectivity index (χ0n) is 9.58. The fourth-order valence-electron chi connectivity index (χ4n) is 1.74. The molecule has 1 aliphatic rings. The van der Waals surface area contributed by atoms with E-state index >= 15 is 0 Å². The third kappa shape index (κ3) is 4.03. The number of thioether (sulfide) groups is 1. The summed E-state index contributed by atoms with van der Waals surface area (Å²) in [5, 5.41) is 12.0. The average Bonchev–Trinajstić information content (AvgIpc) is 2.60. The number of aliphatic hydroxyl groups is 1. The molecule has 15 heavy (non-hydrogen) atoms. The molecule has 1 saturated heterocycles. The Hall–Kier alpha value is -0.220. The van der Waals surface area contributed by atoms with Gasteiger partial charge in [0.1, 0.15) is 0 Å². The summed E-state index contributed by atoms with van der Waals surface area (Å²) in [6.07, 6.45) is 3.47. The van der Waals surface area contributed by atoms with Crippen LogP contribution in [-0.2, 0) is 4.79 Å². The lowest BCUT2D eigenvalue weighted by Crippen LogP contribution is -2.40. The lowest BCUT2D eigenvalue weighted by atomic mass is 10.0. The van der Waals surface area contributed by atoms with E-state index in [4.69, 9.17) is 5.11 Å². The van der Waals surface area contributed by atoms with Crippen LogP contribution in [0.5, 0.6) is 0 Å². The van der Waals surface area contributed by atoms with Crippen LogP contribution in [0.25, 0.3) is 0 Å². The Morgan fingerprint density at radius 2 is 2.40 bits per heavy atom. The second-order valence-electron chi connectivity index (χ2n) is 4.43. The molecular formula is C11H21NO2S. The lowest BCUT2D eigenvalue weighted by Gasteiger charge is -2.21. The fraction of sp³-hybridized carbons (Fsp3) is 0.909. The Bertz CT molecular complexity index is 213. The number of carbonyl (C=O) groups is 1. The average molecular weight is 231 g/mol. The molecule has 0 aromatic rings. The third-order valence-corrected chi connectivity index (χ3v) is 4.30. The molecule has 0 saturated carbocycles. The van der Waals surface area contributed by atoms with Crippen LogP contribution >= 0.6 is 11.8 Å². The van der Waals surface area contributed by atoms with Gasteiger partial charge in [0.15, 0.2) is 0 Å². The van der Waals surface area contributed by atoms with Crippen molar-refractivity contribution < 1.29 is 9.90 Å². The number of hydrogen-bond donors (Lipinski definition) is 2. The van der Waals surface area contributed by atoms with Crippen LogP contribution in [0.4, 0.5) is 0 Å². The Morgan fingerprint density at radius 3 is 2.93 bits per heavy atom. The van der Waals surface area contributed by atoms with Crippen LogP contribution in [0.15, 0.2) is 0 Å². The molecule has 0 bridgehead atoms. The van der Waals surface area contributed by atoms with Gasteiger partial charge >= 0.3 is 0 Å². The number of carbonyl (C=O) groups excluding carboxylic acids is 1. The van der Waals surface area contributed by atoms with E-state index in [0.717, 1.165) is 31.4 Å². The van der Waals surface area contributed by atoms with E-state index in [2.05, 4.69) is 5.32 Å². The summed E-state index contributed by atoms with van der Waals surface area (Å²) in [4.78, 5) is 11.8. The molecule has 2 unspecified atom stereocenters. The zero-order chi connectivity index (χ0) is 11.3. The molecule has 88 valence electrons. The molecule has 0 radical (unpaired) electrons. The van der Waals surface area contributed by atoms with Gasteiger partial charge in [0, 0.05) is 6.54 Å². The maximum Gasteiger partial charge on any atom is 0.235 e. The topological polar surface area (TPSA) is 49.3 Å². The summed E-state index contributed by atoms with van der Waals surface area (Å²) in [7, 11) is 0. The van der Waals surface area contributed by atoms with Gasteiger partial charge in [-0.2, -0.15) is 0 Å². The minimum absolute atomic E-state index is 0.163. The van der Waals surface area contributed by atoms with Gasteiger partial charge in [-0.05, 0) is 45.3 Å². The van der Waals surface area contributed by atoms with Crippen LogP contribution in [0.2, 0.25) is 0 Å². The molecule has 1 fully saturated rings. The normalized spacial score (nSPS) is 27.7. The summed E-state index contributed by atoms with van der Waals surface area (Å²) in [6.45, 7) is 4.48. The molecule has 1 amide bonds. The lowest BCUT2D eigenvalue weighted by molar-refractivity contribution is -0.123. The van der Waals surface area contributed by atoms with Crippen molar-refractivity contribution in [3.05, 3.63) is 0 Å². The van der Waals surface area contributed by atoms with Crippen LogP contribution in [0.3, 0.4) is 0 Å². The first-order valence-corrected chi connectivity index (χ1v) is 6.63. The maximum absolute atomic E-state index is 11.8. The second kappa shape index (κ2) is 5.75. The van der Waals surface area contributed by atoms with Crippen LogP contribution in [0, 0.1) is 0 Å². The monoisotopic (exact) mass is 231 g/mol. The molecule has 0 aromatic carbocycles. The first-order valence-electron chi connectivity index (χ1n) is 5.65. The fourth-order valence-corrected chi connectivity index (χ4v) is 2.98. The van der Waals surface area contributed by atoms with Crippen LogP contribution < -0.4 is 5.32 Å². The standard InChI is InChI=1S/C11H21NO2S/c1-9(13)5-3-7-12-10(14)11(2)6-4-8-15-11/h9,13H,3-8H2,1-2H3,(H,12,14). The van der Waals surface area contributed by atoms with Gasteiger partial charge in [0.25, 0.3) is 0 Å². The van der Waals surface area contributed by atoms with E-state index in [1.54, 1.807) is 18.7 Å². The predicted octanol–water partition coefficient (Wildman–Crippen LogP) is 1.55. The highest BCUT2D eigenvalue weighted by molar-refractivity contribution is 8.01. The number of hydrogen-bond acceptors (Lipinski definition) is 3. The van der Waals surface area contributed by atoms with Crippen molar-refractivity contribution in [2.24, 2.45) is 0 Å². The quantitative estimate of drug-likeness (QED) is 0.706. The maximum atomic E-state index is 11.8. The Labute approximate surface area is 96.0 Å². The molecule has 0 aromatic heterocycles. The largest absolute Gasteiger partial charge is 0.393 e. The van der Waals surface area contributed by atoms with E-state index in [1.807, 2.05) is 6.92 Å². The Morgan fingerprint density at radius 1 is 1.67 bits per heavy atom. The molecule has 3 nitrogen and oxygen atoms in total. The van der Waals surface area contributed by atoms with Gasteiger partial charge in [-0.3, -0.25) is 4.79 Å². The number of rotatable bonds is 5. The van der Waals surface area contributed by atoms with Gasteiger partial charge in [0.05, 0.1) is 10.9 Å². The van der Waals surface area contributed by atoms with Crippen LogP contribution in [-0.4, -0.2) is 34.2 Å². The van der Waals surface area contributed by atoms with Crippen molar-refractivity contribution in [1.29, 1.82) is 0 Å². The Kier molecular flexibility index (Phi) is 4.93. The van der Waals surface area contributed by atoms with Gasteiger partial charge in [-0.15, -0.1) is 11.8 Å². The van der Waals surface area contributed by atoms with Crippen molar-refractivity contribution in [2.45, 2.75) is 50.4 Å². The first kappa shape index (κ1) is 12.8. The van der Waals surface area contributed by atoms with E-state index in [9.17, 15) is 4.79 Å². The summed E-state index contributed by atoms with van der Waals surface area (Å²) < 4.78 is -0.204. The molecule has 1 aliphatic heterocycles. The molecular weight excluding hydrogens is 210 g/mol. The van der Waals surface area contributed by atoms with E-state index in [1.165, 1.54) is 0 Å². The van der Waals surface area contributed by atoms with Crippen molar-refractivity contribution in [1.82, 2.24) is 5.32 Å². The van der Waals surface area contributed by atoms with Crippen molar-refractivity contribution in [3.63, 3.8) is 0 Å². The van der Waals surface area contributed by atoms with E-state index < -0.39 is 0 Å². The van der Waals surface area contributed by atoms with Gasteiger partial charge < -0.3 is 10.4 Å². The Balaban J connectivity index is 2.18. The summed E-state index contributed by atoms with van der Waals surface area (Å²) in [5.41, 5.74) is 0. The van der Waals surface area contributed by atoms with Crippen LogP contribution in [0.1, 0.15) is 39.5 Å². The molecule has 4 heteroatoms. The summed E-state index contributed by atoms with van der Waals surface area (Å²) in [5.74, 6) is 1.26. The molecule has 1 rings (SSSR count). The van der Waals surface area contributed by atoms with Gasteiger partial charge in [-0.25, -0.2) is 0 Å². The van der Waals surface area contributed by atoms with Gasteiger partial charge in [0.2, 0.25) is 5.91 Å². The molecule has 2 atom stereocenters. The highest BCUT2D eigenvalue weighted by atomic mass is 32.2. The predicted molar refractivity (Wildman–Crippen MR) is 64.0 cm³/mol. The van der Waals surface area contributed by atoms with Crippen molar-refractivity contribution >= 4 is 17.7 Å². The second-order valence-corrected chi connectivity index (χ2v) is 6.03. The number of nitrogens with one attached hydrogen (secondary N) is 1. The van der Waals surface area contributed by atoms with Gasteiger partial charge in [-0.1, -0.05) is 0 Å². The molecule has 1 heterocycles. The minimum atomic E-state index is -0.265. The molecule has 0 aliphatic carbocycles. The molecule has 0 spiro atoms. The number of aliphatic hydroxyl groups excluding tert-OH is 1. The van der Waals surface area contributed by atoms with Crippen molar-refractivity contribution in [2.75, 3.05) is 12.3 Å². The van der Waals surface area contributed by atoms with Crippen molar-refractivity contribution in [3.8, 4) is 0 Å².